The number of ether oxygens (including phenoxy) is 2. The fourth-order valence-electron chi connectivity index (χ4n) is 4.30. The summed E-state index contributed by atoms with van der Waals surface area (Å²) >= 11 is 0. The lowest BCUT2D eigenvalue weighted by atomic mass is 9.81. The molecule has 1 aromatic rings. The van der Waals surface area contributed by atoms with Crippen LogP contribution in [0.5, 0.6) is 0 Å². The summed E-state index contributed by atoms with van der Waals surface area (Å²) in [7, 11) is 0. The van der Waals surface area contributed by atoms with E-state index in [9.17, 15) is 14.4 Å². The number of amides is 3. The molecule has 0 unspecified atom stereocenters. The van der Waals surface area contributed by atoms with Gasteiger partial charge >= 0.3 is 12.0 Å². The average molecular weight is 432 g/mol. The third kappa shape index (κ3) is 6.19. The van der Waals surface area contributed by atoms with E-state index >= 15 is 0 Å². The highest BCUT2D eigenvalue weighted by Crippen LogP contribution is 2.30. The second kappa shape index (κ2) is 11.1. The number of carbonyl (C=O) groups excluding carboxylic acids is 3. The van der Waals surface area contributed by atoms with Crippen LogP contribution in [0.3, 0.4) is 0 Å². The summed E-state index contributed by atoms with van der Waals surface area (Å²) in [5, 5.41) is 2.89. The number of likely N-dealkylation sites (tertiary alicyclic amines) is 1. The van der Waals surface area contributed by atoms with Crippen molar-refractivity contribution < 1.29 is 23.9 Å². The van der Waals surface area contributed by atoms with Gasteiger partial charge in [-0.05, 0) is 43.4 Å². The molecule has 3 rings (SSSR count). The quantitative estimate of drug-likeness (QED) is 0.700. The van der Waals surface area contributed by atoms with E-state index in [1.807, 2.05) is 4.90 Å². The molecule has 8 heteroatoms. The zero-order valence-corrected chi connectivity index (χ0v) is 18.5. The predicted octanol–water partition coefficient (Wildman–Crippen LogP) is 2.99. The molecule has 0 bridgehead atoms. The van der Waals surface area contributed by atoms with Gasteiger partial charge in [0.15, 0.2) is 0 Å². The second-order valence-electron chi connectivity index (χ2n) is 8.09. The lowest BCUT2D eigenvalue weighted by Gasteiger charge is -2.39. The Morgan fingerprint density at radius 1 is 1.10 bits per heavy atom. The third-order valence-electron chi connectivity index (χ3n) is 6.13. The Morgan fingerprint density at radius 2 is 1.87 bits per heavy atom. The molecule has 2 heterocycles. The van der Waals surface area contributed by atoms with Gasteiger partial charge in [0.25, 0.3) is 0 Å². The molecule has 2 atom stereocenters. The first-order valence-corrected chi connectivity index (χ1v) is 11.2. The molecule has 2 aliphatic heterocycles. The number of esters is 1. The van der Waals surface area contributed by atoms with Crippen molar-refractivity contribution in [1.82, 2.24) is 9.80 Å². The maximum atomic E-state index is 12.8. The van der Waals surface area contributed by atoms with Crippen molar-refractivity contribution in [3.8, 4) is 0 Å². The van der Waals surface area contributed by atoms with Crippen molar-refractivity contribution in [3.63, 3.8) is 0 Å². The van der Waals surface area contributed by atoms with Crippen LogP contribution in [0.15, 0.2) is 24.3 Å². The van der Waals surface area contributed by atoms with Gasteiger partial charge in [-0.25, -0.2) is 9.59 Å². The lowest BCUT2D eigenvalue weighted by Crippen LogP contribution is -2.47. The SMILES string of the molecule is CCOC(=O)c1cccc(NC(=O)N2CC[C@@H](CC(=O)N3CCOCC3)[C@H](CC)C2)c1. The molecule has 0 aliphatic carbocycles. The van der Waals surface area contributed by atoms with Crippen molar-refractivity contribution >= 4 is 23.6 Å². The number of anilines is 1. The molecular weight excluding hydrogens is 398 g/mol. The first-order chi connectivity index (χ1) is 15.0. The number of piperidine rings is 1. The number of rotatable bonds is 6. The minimum atomic E-state index is -0.407. The van der Waals surface area contributed by atoms with Gasteiger partial charge < -0.3 is 24.6 Å². The van der Waals surface area contributed by atoms with Crippen molar-refractivity contribution in [1.29, 1.82) is 0 Å². The van der Waals surface area contributed by atoms with Crippen LogP contribution in [0.4, 0.5) is 10.5 Å². The number of hydrogen-bond acceptors (Lipinski definition) is 5. The summed E-state index contributed by atoms with van der Waals surface area (Å²) < 4.78 is 10.4. The standard InChI is InChI=1S/C23H33N3O5/c1-3-17-16-26(9-8-18(17)15-21(27)25-10-12-30-13-11-25)23(29)24-20-7-5-6-19(14-20)22(28)31-4-2/h5-7,14,17-18H,3-4,8-13,15-16H2,1-2H3,(H,24,29)/t17-,18+/m1/s1. The molecule has 0 radical (unpaired) electrons. The van der Waals surface area contributed by atoms with Crippen LogP contribution in [0.2, 0.25) is 0 Å². The summed E-state index contributed by atoms with van der Waals surface area (Å²) in [5.41, 5.74) is 0.972. The molecule has 2 aliphatic rings. The molecule has 170 valence electrons. The van der Waals surface area contributed by atoms with Crippen molar-refractivity contribution in [2.75, 3.05) is 51.3 Å². The highest BCUT2D eigenvalue weighted by atomic mass is 16.5. The first kappa shape index (κ1) is 23.1. The Hall–Kier alpha value is -2.61. The van der Waals surface area contributed by atoms with Crippen LogP contribution in [0, 0.1) is 11.8 Å². The van der Waals surface area contributed by atoms with Crippen molar-refractivity contribution in [3.05, 3.63) is 29.8 Å². The molecule has 1 aromatic carbocycles. The van der Waals surface area contributed by atoms with Gasteiger partial charge in [-0.15, -0.1) is 0 Å². The summed E-state index contributed by atoms with van der Waals surface area (Å²) in [6, 6.07) is 6.59. The molecule has 0 aromatic heterocycles. The number of morpholine rings is 1. The summed E-state index contributed by atoms with van der Waals surface area (Å²) in [6.45, 7) is 7.97. The summed E-state index contributed by atoms with van der Waals surface area (Å²) in [5.74, 6) is 0.364. The summed E-state index contributed by atoms with van der Waals surface area (Å²) in [6.07, 6.45) is 2.27. The van der Waals surface area contributed by atoms with Crippen LogP contribution in [0.1, 0.15) is 43.5 Å². The Morgan fingerprint density at radius 3 is 2.58 bits per heavy atom. The van der Waals surface area contributed by atoms with Gasteiger partial charge in [0, 0.05) is 38.3 Å². The Bertz CT molecular complexity index is 778. The van der Waals surface area contributed by atoms with E-state index in [1.54, 1.807) is 36.1 Å². The van der Waals surface area contributed by atoms with Gasteiger partial charge in [0.2, 0.25) is 5.91 Å². The van der Waals surface area contributed by atoms with Gasteiger partial charge in [-0.3, -0.25) is 4.79 Å². The molecule has 1 N–H and O–H groups in total. The molecule has 2 saturated heterocycles. The Kier molecular flexibility index (Phi) is 8.28. The van der Waals surface area contributed by atoms with E-state index < -0.39 is 5.97 Å². The van der Waals surface area contributed by atoms with E-state index in [1.165, 1.54) is 0 Å². The summed E-state index contributed by atoms with van der Waals surface area (Å²) in [4.78, 5) is 41.1. The number of nitrogens with one attached hydrogen (secondary N) is 1. The molecule has 2 fully saturated rings. The maximum absolute atomic E-state index is 12.8. The van der Waals surface area contributed by atoms with E-state index in [0.717, 1.165) is 12.8 Å². The first-order valence-electron chi connectivity index (χ1n) is 11.2. The lowest BCUT2D eigenvalue weighted by molar-refractivity contribution is -0.137. The number of hydrogen-bond donors (Lipinski definition) is 1. The smallest absolute Gasteiger partial charge is 0.338 e. The largest absolute Gasteiger partial charge is 0.462 e. The van der Waals surface area contributed by atoms with E-state index in [0.29, 0.717) is 63.7 Å². The molecule has 3 amide bonds. The van der Waals surface area contributed by atoms with E-state index in [-0.39, 0.29) is 23.8 Å². The zero-order chi connectivity index (χ0) is 22.2. The zero-order valence-electron chi connectivity index (χ0n) is 18.5. The second-order valence-corrected chi connectivity index (χ2v) is 8.09. The molecule has 0 saturated carbocycles. The van der Waals surface area contributed by atoms with Gasteiger partial charge in [0.1, 0.15) is 0 Å². The molecule has 0 spiro atoms. The van der Waals surface area contributed by atoms with Crippen molar-refractivity contribution in [2.45, 2.75) is 33.1 Å². The van der Waals surface area contributed by atoms with Crippen molar-refractivity contribution in [2.24, 2.45) is 11.8 Å². The highest BCUT2D eigenvalue weighted by Gasteiger charge is 2.33. The molecular formula is C23H33N3O5. The fourth-order valence-corrected chi connectivity index (χ4v) is 4.30. The average Bonchev–Trinajstić information content (AvgIpc) is 2.80. The normalized spacial score (nSPS) is 21.5. The minimum Gasteiger partial charge on any atom is -0.462 e. The topological polar surface area (TPSA) is 88.2 Å². The van der Waals surface area contributed by atoms with Crippen LogP contribution < -0.4 is 5.32 Å². The van der Waals surface area contributed by atoms with Crippen LogP contribution in [0.25, 0.3) is 0 Å². The van der Waals surface area contributed by atoms with Gasteiger partial charge in [-0.1, -0.05) is 19.4 Å². The number of carbonyl (C=O) groups is 3. The monoisotopic (exact) mass is 431 g/mol. The van der Waals surface area contributed by atoms with E-state index in [2.05, 4.69) is 12.2 Å². The molecule has 8 nitrogen and oxygen atoms in total. The number of urea groups is 1. The Labute approximate surface area is 183 Å². The van der Waals surface area contributed by atoms with Gasteiger partial charge in [0.05, 0.1) is 25.4 Å². The number of benzene rings is 1. The molecule has 31 heavy (non-hydrogen) atoms. The maximum Gasteiger partial charge on any atom is 0.338 e. The minimum absolute atomic E-state index is 0.183. The van der Waals surface area contributed by atoms with Crippen LogP contribution in [-0.2, 0) is 14.3 Å². The Balaban J connectivity index is 1.55. The predicted molar refractivity (Wildman–Crippen MR) is 117 cm³/mol. The highest BCUT2D eigenvalue weighted by molar-refractivity contribution is 5.94. The van der Waals surface area contributed by atoms with E-state index in [4.69, 9.17) is 9.47 Å². The van der Waals surface area contributed by atoms with Crippen LogP contribution in [-0.4, -0.2) is 73.7 Å². The third-order valence-corrected chi connectivity index (χ3v) is 6.13. The van der Waals surface area contributed by atoms with Crippen LogP contribution >= 0.6 is 0 Å². The van der Waals surface area contributed by atoms with Gasteiger partial charge in [-0.2, -0.15) is 0 Å². The number of nitrogens with zero attached hydrogens (tertiary/aromatic N) is 2. The fraction of sp³-hybridized carbons (Fsp3) is 0.609.